The largest absolute Gasteiger partial charge is 0.493 e. The van der Waals surface area contributed by atoms with Crippen molar-refractivity contribution in [1.82, 2.24) is 5.32 Å². The standard InChI is InChI=1S/C16H19F3N2O7/c1-9(20-15(23)16(17,18)19)10-7-12(26-2)13(8-11(10)21(24)25)28-6-4-5-14(22)27-3/h7-9H,4-6H2,1-3H3,(H,20,23). The predicted octanol–water partition coefficient (Wildman–Crippen LogP) is 2.67. The maximum absolute atomic E-state index is 12.4. The Morgan fingerprint density at radius 1 is 1.25 bits per heavy atom. The number of hydrogen-bond donors (Lipinski definition) is 1. The van der Waals surface area contributed by atoms with Crippen molar-refractivity contribution in [3.8, 4) is 11.5 Å². The van der Waals surface area contributed by atoms with E-state index in [9.17, 15) is 32.9 Å². The fourth-order valence-electron chi connectivity index (χ4n) is 2.20. The topological polar surface area (TPSA) is 117 Å². The average Bonchev–Trinajstić information content (AvgIpc) is 2.63. The lowest BCUT2D eigenvalue weighted by molar-refractivity contribution is -0.385. The first-order valence-corrected chi connectivity index (χ1v) is 7.94. The second kappa shape index (κ2) is 9.76. The van der Waals surface area contributed by atoms with Crippen LogP contribution in [0.2, 0.25) is 0 Å². The molecule has 28 heavy (non-hydrogen) atoms. The first kappa shape index (κ1) is 23.0. The monoisotopic (exact) mass is 408 g/mol. The van der Waals surface area contributed by atoms with Crippen LogP contribution in [0.15, 0.2) is 12.1 Å². The molecule has 0 spiro atoms. The van der Waals surface area contributed by atoms with Gasteiger partial charge in [-0.2, -0.15) is 13.2 Å². The van der Waals surface area contributed by atoms with Crippen molar-refractivity contribution >= 4 is 17.6 Å². The van der Waals surface area contributed by atoms with E-state index < -0.39 is 34.7 Å². The summed E-state index contributed by atoms with van der Waals surface area (Å²) in [4.78, 5) is 32.7. The van der Waals surface area contributed by atoms with Gasteiger partial charge < -0.3 is 19.5 Å². The number of nitro benzene ring substituents is 1. The summed E-state index contributed by atoms with van der Waals surface area (Å²) < 4.78 is 52.2. The molecular weight excluding hydrogens is 389 g/mol. The zero-order valence-corrected chi connectivity index (χ0v) is 15.3. The number of halogens is 3. The average molecular weight is 408 g/mol. The summed E-state index contributed by atoms with van der Waals surface area (Å²) in [6, 6.07) is 0.786. The molecule has 0 heterocycles. The van der Waals surface area contributed by atoms with Crippen LogP contribution in [0.5, 0.6) is 11.5 Å². The van der Waals surface area contributed by atoms with Crippen LogP contribution in [0.1, 0.15) is 31.4 Å². The molecule has 1 unspecified atom stereocenters. The Morgan fingerprint density at radius 2 is 1.89 bits per heavy atom. The highest BCUT2D eigenvalue weighted by molar-refractivity contribution is 5.82. The lowest BCUT2D eigenvalue weighted by Gasteiger charge is -2.18. The highest BCUT2D eigenvalue weighted by Crippen LogP contribution is 2.37. The van der Waals surface area contributed by atoms with E-state index in [-0.39, 0.29) is 36.5 Å². The highest BCUT2D eigenvalue weighted by atomic mass is 19.4. The van der Waals surface area contributed by atoms with Crippen LogP contribution in [0, 0.1) is 10.1 Å². The minimum atomic E-state index is -5.13. The molecule has 1 amide bonds. The fourth-order valence-corrected chi connectivity index (χ4v) is 2.20. The number of nitro groups is 1. The van der Waals surface area contributed by atoms with Crippen LogP contribution in [0.3, 0.4) is 0 Å². The fraction of sp³-hybridized carbons (Fsp3) is 0.500. The van der Waals surface area contributed by atoms with Gasteiger partial charge in [-0.25, -0.2) is 0 Å². The summed E-state index contributed by atoms with van der Waals surface area (Å²) in [5.41, 5.74) is -0.750. The molecule has 0 aliphatic carbocycles. The Hall–Kier alpha value is -3.05. The summed E-state index contributed by atoms with van der Waals surface area (Å²) in [7, 11) is 2.47. The number of carbonyl (C=O) groups excluding carboxylic acids is 2. The van der Waals surface area contributed by atoms with Crippen molar-refractivity contribution in [2.24, 2.45) is 0 Å². The summed E-state index contributed by atoms with van der Waals surface area (Å²) in [5, 5.41) is 13.0. The number of carbonyl (C=O) groups is 2. The smallest absolute Gasteiger partial charge is 0.471 e. The zero-order valence-electron chi connectivity index (χ0n) is 15.3. The molecule has 0 bridgehead atoms. The molecule has 0 aliphatic rings. The summed E-state index contributed by atoms with van der Waals surface area (Å²) in [5.74, 6) is -2.69. The maximum atomic E-state index is 12.4. The molecule has 9 nitrogen and oxygen atoms in total. The number of amides is 1. The van der Waals surface area contributed by atoms with Gasteiger partial charge in [-0.15, -0.1) is 0 Å². The van der Waals surface area contributed by atoms with Crippen LogP contribution in [-0.4, -0.2) is 43.8 Å². The van der Waals surface area contributed by atoms with Gasteiger partial charge >= 0.3 is 18.1 Å². The molecule has 12 heteroatoms. The van der Waals surface area contributed by atoms with Crippen molar-refractivity contribution in [2.75, 3.05) is 20.8 Å². The first-order chi connectivity index (χ1) is 13.0. The Bertz CT molecular complexity index is 738. The van der Waals surface area contributed by atoms with Gasteiger partial charge in [0.1, 0.15) is 0 Å². The Labute approximate surface area is 157 Å². The molecule has 0 saturated heterocycles. The maximum Gasteiger partial charge on any atom is 0.471 e. The van der Waals surface area contributed by atoms with Crippen molar-refractivity contribution in [3.05, 3.63) is 27.8 Å². The van der Waals surface area contributed by atoms with Crippen LogP contribution in [0.4, 0.5) is 18.9 Å². The summed E-state index contributed by atoms with van der Waals surface area (Å²) >= 11 is 0. The molecule has 0 aliphatic heterocycles. The van der Waals surface area contributed by atoms with E-state index >= 15 is 0 Å². The van der Waals surface area contributed by atoms with Gasteiger partial charge in [0.2, 0.25) is 0 Å². The SMILES string of the molecule is COC(=O)CCCOc1cc([N+](=O)[O-])c(C(C)NC(=O)C(F)(F)F)cc1OC. The summed E-state index contributed by atoms with van der Waals surface area (Å²) in [6.07, 6.45) is -4.79. The van der Waals surface area contributed by atoms with Crippen molar-refractivity contribution in [3.63, 3.8) is 0 Å². The van der Waals surface area contributed by atoms with Crippen molar-refractivity contribution < 1.29 is 41.9 Å². The van der Waals surface area contributed by atoms with E-state index in [1.165, 1.54) is 21.1 Å². The zero-order chi connectivity index (χ0) is 21.5. The number of hydrogen-bond acceptors (Lipinski definition) is 7. The molecule has 0 saturated carbocycles. The molecule has 0 radical (unpaired) electrons. The highest BCUT2D eigenvalue weighted by Gasteiger charge is 2.40. The molecule has 0 fully saturated rings. The number of nitrogens with one attached hydrogen (secondary N) is 1. The molecule has 0 aromatic heterocycles. The Morgan fingerprint density at radius 3 is 2.39 bits per heavy atom. The quantitative estimate of drug-likeness (QED) is 0.289. The minimum absolute atomic E-state index is 0.0162. The van der Waals surface area contributed by atoms with Crippen LogP contribution in [-0.2, 0) is 14.3 Å². The minimum Gasteiger partial charge on any atom is -0.493 e. The van der Waals surface area contributed by atoms with E-state index in [0.717, 1.165) is 12.1 Å². The van der Waals surface area contributed by atoms with E-state index in [1.54, 1.807) is 5.32 Å². The Kier molecular flexibility index (Phi) is 8.01. The molecule has 1 atom stereocenters. The van der Waals surface area contributed by atoms with Gasteiger partial charge in [-0.3, -0.25) is 19.7 Å². The molecular formula is C16H19F3N2O7. The number of nitrogens with zero attached hydrogens (tertiary/aromatic N) is 1. The lowest BCUT2D eigenvalue weighted by Crippen LogP contribution is -2.38. The second-order valence-electron chi connectivity index (χ2n) is 5.54. The van der Waals surface area contributed by atoms with Crippen molar-refractivity contribution in [1.29, 1.82) is 0 Å². The van der Waals surface area contributed by atoms with Crippen molar-refractivity contribution in [2.45, 2.75) is 32.0 Å². The number of rotatable bonds is 9. The second-order valence-corrected chi connectivity index (χ2v) is 5.54. The number of alkyl halides is 3. The number of esters is 1. The van der Waals surface area contributed by atoms with Gasteiger partial charge in [0.15, 0.2) is 11.5 Å². The van der Waals surface area contributed by atoms with Crippen LogP contribution >= 0.6 is 0 Å². The van der Waals surface area contributed by atoms with Gasteiger partial charge in [-0.1, -0.05) is 0 Å². The third-order valence-electron chi connectivity index (χ3n) is 3.59. The molecule has 1 rings (SSSR count). The predicted molar refractivity (Wildman–Crippen MR) is 89.0 cm³/mol. The summed E-state index contributed by atoms with van der Waals surface area (Å²) in [6.45, 7) is 1.19. The third kappa shape index (κ3) is 6.28. The van der Waals surface area contributed by atoms with Gasteiger partial charge in [0, 0.05) is 6.42 Å². The molecule has 1 aromatic carbocycles. The van der Waals surface area contributed by atoms with Gasteiger partial charge in [0.05, 0.1) is 43.4 Å². The first-order valence-electron chi connectivity index (χ1n) is 7.94. The van der Waals surface area contributed by atoms with E-state index in [1.807, 2.05) is 0 Å². The number of benzene rings is 1. The number of ether oxygens (including phenoxy) is 3. The van der Waals surface area contributed by atoms with E-state index in [0.29, 0.717) is 0 Å². The van der Waals surface area contributed by atoms with Crippen LogP contribution < -0.4 is 14.8 Å². The van der Waals surface area contributed by atoms with E-state index in [2.05, 4.69) is 4.74 Å². The molecule has 1 aromatic rings. The van der Waals surface area contributed by atoms with Crippen LogP contribution in [0.25, 0.3) is 0 Å². The van der Waals surface area contributed by atoms with E-state index in [4.69, 9.17) is 9.47 Å². The third-order valence-corrected chi connectivity index (χ3v) is 3.59. The van der Waals surface area contributed by atoms with Gasteiger partial charge in [0.25, 0.3) is 5.69 Å². The molecule has 156 valence electrons. The Balaban J connectivity index is 3.07. The normalized spacial score (nSPS) is 12.1. The lowest BCUT2D eigenvalue weighted by atomic mass is 10.0. The molecule has 1 N–H and O–H groups in total. The number of methoxy groups -OCH3 is 2. The van der Waals surface area contributed by atoms with Gasteiger partial charge in [-0.05, 0) is 19.4 Å².